The normalized spacial score (nSPS) is 14.4. The topological polar surface area (TPSA) is 89.9 Å². The van der Waals surface area contributed by atoms with Gasteiger partial charge in [-0.2, -0.15) is 0 Å². The average molecular weight is 313 g/mol. The number of carbonyl (C=O) groups excluding carboxylic acids is 1. The first-order chi connectivity index (χ1) is 10.0. The van der Waals surface area contributed by atoms with E-state index in [2.05, 4.69) is 5.32 Å². The van der Waals surface area contributed by atoms with E-state index in [4.69, 9.17) is 16.7 Å². The van der Waals surface area contributed by atoms with Crippen molar-refractivity contribution in [2.24, 2.45) is 0 Å². The number of rotatable bonds is 5. The molecule has 2 amide bonds. The maximum Gasteiger partial charge on any atom is 0.339 e. The molecule has 114 valence electrons. The molecule has 0 saturated heterocycles. The third kappa shape index (κ3) is 3.46. The highest BCUT2D eigenvalue weighted by Gasteiger charge is 2.29. The molecule has 0 aliphatic heterocycles. The molecule has 0 radical (unpaired) electrons. The minimum atomic E-state index is -1.20. The zero-order chi connectivity index (χ0) is 15.4. The predicted molar refractivity (Wildman–Crippen MR) is 78.9 cm³/mol. The molecular weight excluding hydrogens is 296 g/mol. The van der Waals surface area contributed by atoms with Gasteiger partial charge in [0.2, 0.25) is 0 Å². The van der Waals surface area contributed by atoms with E-state index in [9.17, 15) is 14.7 Å². The van der Waals surface area contributed by atoms with Crippen LogP contribution in [0.1, 0.15) is 29.6 Å². The fourth-order valence-electron chi connectivity index (χ4n) is 2.29. The van der Waals surface area contributed by atoms with Gasteiger partial charge in [-0.05, 0) is 31.4 Å². The van der Waals surface area contributed by atoms with Crippen LogP contribution >= 0.6 is 11.6 Å². The zero-order valence-electron chi connectivity index (χ0n) is 11.4. The average Bonchev–Trinajstić information content (AvgIpc) is 2.35. The number of aliphatic hydroxyl groups excluding tert-OH is 1. The highest BCUT2D eigenvalue weighted by molar-refractivity contribution is 6.34. The minimum Gasteiger partial charge on any atom is -0.478 e. The highest BCUT2D eigenvalue weighted by Crippen LogP contribution is 2.27. The SMILES string of the molecule is O=C(O)c1c(Cl)cccc1NC(=O)N(CCO)C1CCC1. The van der Waals surface area contributed by atoms with Crippen molar-refractivity contribution in [2.75, 3.05) is 18.5 Å². The second kappa shape index (κ2) is 6.78. The summed E-state index contributed by atoms with van der Waals surface area (Å²) in [7, 11) is 0. The highest BCUT2D eigenvalue weighted by atomic mass is 35.5. The molecule has 0 bridgehead atoms. The predicted octanol–water partition coefficient (Wildman–Crippen LogP) is 2.42. The van der Waals surface area contributed by atoms with Crippen molar-refractivity contribution in [1.29, 1.82) is 0 Å². The summed E-state index contributed by atoms with van der Waals surface area (Å²) in [5.41, 5.74) is 0.0207. The van der Waals surface area contributed by atoms with Crippen molar-refractivity contribution in [1.82, 2.24) is 4.90 Å². The number of nitrogens with zero attached hydrogens (tertiary/aromatic N) is 1. The smallest absolute Gasteiger partial charge is 0.339 e. The number of benzene rings is 1. The van der Waals surface area contributed by atoms with E-state index in [0.29, 0.717) is 0 Å². The van der Waals surface area contributed by atoms with Crippen LogP contribution in [0, 0.1) is 0 Å². The number of carbonyl (C=O) groups is 2. The van der Waals surface area contributed by atoms with Gasteiger partial charge in [-0.1, -0.05) is 17.7 Å². The Morgan fingerprint density at radius 3 is 2.62 bits per heavy atom. The van der Waals surface area contributed by atoms with Gasteiger partial charge < -0.3 is 20.4 Å². The van der Waals surface area contributed by atoms with Crippen LogP contribution < -0.4 is 5.32 Å². The summed E-state index contributed by atoms with van der Waals surface area (Å²) in [6.45, 7) is 0.0880. The van der Waals surface area contributed by atoms with Crippen LogP contribution in [0.4, 0.5) is 10.5 Å². The molecule has 0 atom stereocenters. The minimum absolute atomic E-state index is 0.0673. The summed E-state index contributed by atoms with van der Waals surface area (Å²) in [6, 6.07) is 4.20. The summed E-state index contributed by atoms with van der Waals surface area (Å²) >= 11 is 5.86. The Balaban J connectivity index is 2.18. The molecule has 1 aromatic carbocycles. The van der Waals surface area contributed by atoms with Gasteiger partial charge in [0.05, 0.1) is 17.3 Å². The first-order valence-corrected chi connectivity index (χ1v) is 7.12. The van der Waals surface area contributed by atoms with E-state index < -0.39 is 12.0 Å². The zero-order valence-corrected chi connectivity index (χ0v) is 12.1. The molecule has 1 fully saturated rings. The van der Waals surface area contributed by atoms with Gasteiger partial charge >= 0.3 is 12.0 Å². The molecule has 6 nitrogen and oxygen atoms in total. The molecule has 0 spiro atoms. The van der Waals surface area contributed by atoms with Crippen molar-refractivity contribution >= 4 is 29.3 Å². The van der Waals surface area contributed by atoms with Gasteiger partial charge in [-0.25, -0.2) is 9.59 Å². The van der Waals surface area contributed by atoms with Crippen molar-refractivity contribution in [3.8, 4) is 0 Å². The van der Waals surface area contributed by atoms with Crippen LogP contribution in [0.25, 0.3) is 0 Å². The lowest BCUT2D eigenvalue weighted by Gasteiger charge is -2.37. The Morgan fingerprint density at radius 1 is 1.38 bits per heavy atom. The van der Waals surface area contributed by atoms with E-state index in [1.807, 2.05) is 0 Å². The molecular formula is C14H17ClN2O4. The molecule has 1 aliphatic carbocycles. The van der Waals surface area contributed by atoms with Gasteiger partial charge in [-0.3, -0.25) is 0 Å². The first-order valence-electron chi connectivity index (χ1n) is 6.75. The number of nitrogens with one attached hydrogen (secondary N) is 1. The van der Waals surface area contributed by atoms with Crippen LogP contribution in [0.3, 0.4) is 0 Å². The van der Waals surface area contributed by atoms with Gasteiger partial charge in [0, 0.05) is 12.6 Å². The number of aliphatic hydroxyl groups is 1. The number of anilines is 1. The molecule has 0 heterocycles. The van der Waals surface area contributed by atoms with Crippen molar-refractivity contribution in [3.05, 3.63) is 28.8 Å². The fraction of sp³-hybridized carbons (Fsp3) is 0.429. The van der Waals surface area contributed by atoms with Gasteiger partial charge in [-0.15, -0.1) is 0 Å². The Bertz CT molecular complexity index is 546. The Labute approximate surface area is 127 Å². The maximum atomic E-state index is 12.3. The molecule has 1 aromatic rings. The largest absolute Gasteiger partial charge is 0.478 e. The van der Waals surface area contributed by atoms with Crippen molar-refractivity contribution in [3.63, 3.8) is 0 Å². The lowest BCUT2D eigenvalue weighted by molar-refractivity contribution is 0.0698. The summed E-state index contributed by atoms with van der Waals surface area (Å²) < 4.78 is 0. The number of carboxylic acids is 1. The van der Waals surface area contributed by atoms with E-state index >= 15 is 0 Å². The fourth-order valence-corrected chi connectivity index (χ4v) is 2.54. The molecule has 3 N–H and O–H groups in total. The summed E-state index contributed by atoms with van der Waals surface area (Å²) in [5.74, 6) is -1.20. The summed E-state index contributed by atoms with van der Waals surface area (Å²) in [4.78, 5) is 25.1. The molecule has 0 unspecified atom stereocenters. The Kier molecular flexibility index (Phi) is 5.03. The second-order valence-corrected chi connectivity index (χ2v) is 5.31. The molecule has 7 heteroatoms. The molecule has 0 aromatic heterocycles. The molecule has 1 aliphatic rings. The number of aromatic carboxylic acids is 1. The van der Waals surface area contributed by atoms with E-state index in [-0.39, 0.29) is 35.5 Å². The number of hydrogen-bond donors (Lipinski definition) is 3. The summed E-state index contributed by atoms with van der Waals surface area (Å²) in [5, 5.41) is 20.9. The standard InChI is InChI=1S/C14H17ClN2O4/c15-10-5-2-6-11(12(10)13(19)20)16-14(21)17(7-8-18)9-3-1-4-9/h2,5-6,9,18H,1,3-4,7-8H2,(H,16,21)(H,19,20). The number of carboxylic acid groups (broad SMARTS) is 1. The lowest BCUT2D eigenvalue weighted by atomic mass is 9.91. The maximum absolute atomic E-state index is 12.3. The number of urea groups is 1. The van der Waals surface area contributed by atoms with Gasteiger partial charge in [0.25, 0.3) is 0 Å². The number of hydrogen-bond acceptors (Lipinski definition) is 3. The van der Waals surface area contributed by atoms with E-state index in [1.165, 1.54) is 17.0 Å². The van der Waals surface area contributed by atoms with E-state index in [0.717, 1.165) is 19.3 Å². The van der Waals surface area contributed by atoms with Crippen molar-refractivity contribution < 1.29 is 19.8 Å². The van der Waals surface area contributed by atoms with Crippen molar-refractivity contribution in [2.45, 2.75) is 25.3 Å². The number of amides is 2. The van der Waals surface area contributed by atoms with E-state index in [1.54, 1.807) is 6.07 Å². The second-order valence-electron chi connectivity index (χ2n) is 4.90. The first kappa shape index (κ1) is 15.6. The van der Waals surface area contributed by atoms with Crippen LogP contribution in [0.5, 0.6) is 0 Å². The lowest BCUT2D eigenvalue weighted by Crippen LogP contribution is -2.47. The van der Waals surface area contributed by atoms with Crippen LogP contribution in [0.15, 0.2) is 18.2 Å². The monoisotopic (exact) mass is 312 g/mol. The summed E-state index contributed by atoms with van der Waals surface area (Å²) in [6.07, 6.45) is 2.85. The Hall–Kier alpha value is -1.79. The Morgan fingerprint density at radius 2 is 2.10 bits per heavy atom. The molecule has 21 heavy (non-hydrogen) atoms. The molecule has 1 saturated carbocycles. The van der Waals surface area contributed by atoms with Crippen LogP contribution in [0.2, 0.25) is 5.02 Å². The van der Waals surface area contributed by atoms with Gasteiger partial charge in [0.1, 0.15) is 5.56 Å². The third-order valence-corrected chi connectivity index (χ3v) is 3.90. The van der Waals surface area contributed by atoms with Gasteiger partial charge in [0.15, 0.2) is 0 Å². The third-order valence-electron chi connectivity index (χ3n) is 3.59. The van der Waals surface area contributed by atoms with Crippen LogP contribution in [-0.2, 0) is 0 Å². The van der Waals surface area contributed by atoms with Crippen LogP contribution in [-0.4, -0.2) is 46.3 Å². The molecule has 2 rings (SSSR count). The number of halogens is 1. The quantitative estimate of drug-likeness (QED) is 0.779.